The number of rotatable bonds is 1. The lowest BCUT2D eigenvalue weighted by Crippen LogP contribution is -2.17. The van der Waals surface area contributed by atoms with Gasteiger partial charge < -0.3 is 0 Å². The molecule has 4 aromatic heterocycles. The van der Waals surface area contributed by atoms with Crippen LogP contribution in [0.2, 0.25) is 5.02 Å². The van der Waals surface area contributed by atoms with Crippen LogP contribution in [0.4, 0.5) is 0 Å². The Kier molecular flexibility index (Phi) is 2.76. The van der Waals surface area contributed by atoms with Gasteiger partial charge in [-0.2, -0.15) is 5.10 Å². The van der Waals surface area contributed by atoms with Crippen molar-refractivity contribution >= 4 is 54.3 Å². The maximum atomic E-state index is 12.9. The first kappa shape index (κ1) is 13.6. The molecule has 5 rings (SSSR count). The summed E-state index contributed by atoms with van der Waals surface area (Å²) < 4.78 is 2.08. The van der Waals surface area contributed by atoms with Crippen molar-refractivity contribution in [2.75, 3.05) is 0 Å². The molecule has 1 aromatic carbocycles. The molecule has 0 fully saturated rings. The smallest absolute Gasteiger partial charge is 0.275 e. The number of hydrogen-bond acceptors (Lipinski definition) is 5. The molecule has 5 aromatic rings. The molecule has 6 nitrogen and oxygen atoms in total. The molecular weight excluding hydrogens is 346 g/mol. The van der Waals surface area contributed by atoms with Crippen LogP contribution in [0.25, 0.3) is 37.0 Å². The molecule has 0 aliphatic carbocycles. The quantitative estimate of drug-likeness (QED) is 0.500. The summed E-state index contributed by atoms with van der Waals surface area (Å²) in [7, 11) is 0. The van der Waals surface area contributed by atoms with Gasteiger partial charge in [0.25, 0.3) is 5.56 Å². The van der Waals surface area contributed by atoms with Crippen molar-refractivity contribution in [2.24, 2.45) is 0 Å². The van der Waals surface area contributed by atoms with Crippen molar-refractivity contribution in [3.05, 3.63) is 58.4 Å². The number of H-pyrrole nitrogens is 1. The van der Waals surface area contributed by atoms with E-state index in [9.17, 15) is 4.79 Å². The van der Waals surface area contributed by atoms with E-state index >= 15 is 0 Å². The number of aromatic nitrogens is 5. The maximum Gasteiger partial charge on any atom is 0.275 e. The molecular formula is C16H8ClN5OS. The topological polar surface area (TPSA) is 76.5 Å². The number of thiophene rings is 1. The lowest BCUT2D eigenvalue weighted by molar-refractivity contribution is 0.968. The van der Waals surface area contributed by atoms with Gasteiger partial charge in [0.1, 0.15) is 21.4 Å². The van der Waals surface area contributed by atoms with Crippen LogP contribution in [0.5, 0.6) is 0 Å². The molecule has 0 atom stereocenters. The summed E-state index contributed by atoms with van der Waals surface area (Å²) >= 11 is 7.25. The molecule has 24 heavy (non-hydrogen) atoms. The molecule has 4 heterocycles. The highest BCUT2D eigenvalue weighted by Gasteiger charge is 2.16. The van der Waals surface area contributed by atoms with Gasteiger partial charge in [0.15, 0.2) is 0 Å². The Morgan fingerprint density at radius 1 is 1.12 bits per heavy atom. The van der Waals surface area contributed by atoms with E-state index in [1.807, 2.05) is 0 Å². The zero-order valence-electron chi connectivity index (χ0n) is 12.0. The van der Waals surface area contributed by atoms with Gasteiger partial charge >= 0.3 is 0 Å². The number of fused-ring (bicyclic) bond motifs is 5. The number of aromatic amines is 1. The Labute approximate surface area is 143 Å². The summed E-state index contributed by atoms with van der Waals surface area (Å²) in [5.74, 6) is 0. The van der Waals surface area contributed by atoms with Gasteiger partial charge in [0.2, 0.25) is 0 Å². The number of halogens is 1. The Bertz CT molecular complexity index is 1290. The van der Waals surface area contributed by atoms with Crippen molar-refractivity contribution in [1.29, 1.82) is 0 Å². The van der Waals surface area contributed by atoms with E-state index in [0.29, 0.717) is 15.2 Å². The van der Waals surface area contributed by atoms with Crippen molar-refractivity contribution in [2.45, 2.75) is 0 Å². The first-order valence-electron chi connectivity index (χ1n) is 7.10. The standard InChI is InChI=1S/C16H8ClN5OS/c17-9-1-3-10(4-2-9)22-7-19-13-11-12-8(6-20-21-12)5-18-15(11)24-14(13)16(22)23/h1-7H,(H,20,21). The Morgan fingerprint density at radius 3 is 2.79 bits per heavy atom. The van der Waals surface area contributed by atoms with E-state index in [-0.39, 0.29) is 5.56 Å². The van der Waals surface area contributed by atoms with Gasteiger partial charge in [-0.15, -0.1) is 11.3 Å². The van der Waals surface area contributed by atoms with Gasteiger partial charge in [0.05, 0.1) is 22.8 Å². The molecule has 0 radical (unpaired) electrons. The van der Waals surface area contributed by atoms with Crippen molar-refractivity contribution in [3.8, 4) is 5.69 Å². The monoisotopic (exact) mass is 353 g/mol. The minimum Gasteiger partial charge on any atom is -0.277 e. The maximum absolute atomic E-state index is 12.9. The number of nitrogens with zero attached hydrogens (tertiary/aromatic N) is 4. The predicted molar refractivity (Wildman–Crippen MR) is 95.2 cm³/mol. The van der Waals surface area contributed by atoms with Gasteiger partial charge in [-0.05, 0) is 24.3 Å². The van der Waals surface area contributed by atoms with E-state index < -0.39 is 0 Å². The second kappa shape index (κ2) is 4.86. The zero-order valence-corrected chi connectivity index (χ0v) is 13.6. The molecule has 0 saturated heterocycles. The minimum atomic E-state index is -0.127. The van der Waals surface area contributed by atoms with Crippen molar-refractivity contribution in [3.63, 3.8) is 0 Å². The highest BCUT2D eigenvalue weighted by atomic mass is 35.5. The number of pyridine rings is 1. The average Bonchev–Trinajstić information content (AvgIpc) is 3.20. The highest BCUT2D eigenvalue weighted by molar-refractivity contribution is 7.25. The van der Waals surface area contributed by atoms with Crippen molar-refractivity contribution < 1.29 is 0 Å². The van der Waals surface area contributed by atoms with Crippen LogP contribution in [0.1, 0.15) is 0 Å². The summed E-state index contributed by atoms with van der Waals surface area (Å²) in [5.41, 5.74) is 2.09. The van der Waals surface area contributed by atoms with Gasteiger partial charge in [-0.1, -0.05) is 11.6 Å². The van der Waals surface area contributed by atoms with Crippen LogP contribution in [-0.4, -0.2) is 24.7 Å². The zero-order chi connectivity index (χ0) is 16.3. The largest absolute Gasteiger partial charge is 0.277 e. The Balaban J connectivity index is 1.88. The summed E-state index contributed by atoms with van der Waals surface area (Å²) in [6.07, 6.45) is 4.99. The van der Waals surface area contributed by atoms with Gasteiger partial charge in [-0.3, -0.25) is 14.5 Å². The molecule has 0 spiro atoms. The van der Waals surface area contributed by atoms with Crippen LogP contribution < -0.4 is 5.56 Å². The fraction of sp³-hybridized carbons (Fsp3) is 0. The molecule has 116 valence electrons. The fourth-order valence-electron chi connectivity index (χ4n) is 2.78. The SMILES string of the molecule is O=c1c2sc3ncc4cn[nH]c4c3c2ncn1-c1ccc(Cl)cc1. The van der Waals surface area contributed by atoms with Crippen LogP contribution in [-0.2, 0) is 0 Å². The lowest BCUT2D eigenvalue weighted by Gasteiger charge is -2.04. The molecule has 0 aliphatic rings. The third-order valence-electron chi connectivity index (χ3n) is 3.92. The summed E-state index contributed by atoms with van der Waals surface area (Å²) in [5, 5.41) is 9.37. The van der Waals surface area contributed by atoms with E-state index in [0.717, 1.165) is 26.8 Å². The van der Waals surface area contributed by atoms with Crippen LogP contribution in [0.15, 0.2) is 47.8 Å². The summed E-state index contributed by atoms with van der Waals surface area (Å²) in [6, 6.07) is 7.06. The van der Waals surface area contributed by atoms with Crippen molar-refractivity contribution in [1.82, 2.24) is 24.7 Å². The average molecular weight is 354 g/mol. The summed E-state index contributed by atoms with van der Waals surface area (Å²) in [4.78, 5) is 22.6. The minimum absolute atomic E-state index is 0.127. The van der Waals surface area contributed by atoms with Crippen LogP contribution in [0, 0.1) is 0 Å². The molecule has 1 N–H and O–H groups in total. The number of hydrogen-bond donors (Lipinski definition) is 1. The molecule has 0 amide bonds. The normalized spacial score (nSPS) is 11.7. The molecule has 0 saturated carbocycles. The second-order valence-electron chi connectivity index (χ2n) is 5.31. The molecule has 0 aliphatic heterocycles. The third kappa shape index (κ3) is 1.82. The number of benzene rings is 1. The number of nitrogens with one attached hydrogen (secondary N) is 1. The Morgan fingerprint density at radius 2 is 1.96 bits per heavy atom. The lowest BCUT2D eigenvalue weighted by atomic mass is 10.2. The van der Waals surface area contributed by atoms with E-state index in [2.05, 4.69) is 20.2 Å². The highest BCUT2D eigenvalue weighted by Crippen LogP contribution is 2.33. The van der Waals surface area contributed by atoms with E-state index in [1.54, 1.807) is 36.7 Å². The van der Waals surface area contributed by atoms with Crippen LogP contribution >= 0.6 is 22.9 Å². The third-order valence-corrected chi connectivity index (χ3v) is 5.25. The summed E-state index contributed by atoms with van der Waals surface area (Å²) in [6.45, 7) is 0. The van der Waals surface area contributed by atoms with E-state index in [4.69, 9.17) is 11.6 Å². The first-order valence-corrected chi connectivity index (χ1v) is 8.30. The fourth-order valence-corrected chi connectivity index (χ4v) is 3.94. The van der Waals surface area contributed by atoms with Gasteiger partial charge in [0, 0.05) is 16.6 Å². The van der Waals surface area contributed by atoms with Gasteiger partial charge in [-0.25, -0.2) is 9.97 Å². The molecule has 0 bridgehead atoms. The second-order valence-corrected chi connectivity index (χ2v) is 6.75. The predicted octanol–water partition coefficient (Wildman–Crippen LogP) is 3.53. The van der Waals surface area contributed by atoms with E-state index in [1.165, 1.54) is 22.2 Å². The van der Waals surface area contributed by atoms with Crippen LogP contribution in [0.3, 0.4) is 0 Å². The first-order chi connectivity index (χ1) is 11.7. The Hall–Kier alpha value is -2.77. The molecule has 0 unspecified atom stereocenters. The molecule has 8 heteroatoms.